The summed E-state index contributed by atoms with van der Waals surface area (Å²) in [5.41, 5.74) is 3.04. The van der Waals surface area contributed by atoms with Crippen LogP contribution in [0.25, 0.3) is 5.69 Å². The van der Waals surface area contributed by atoms with Crippen molar-refractivity contribution in [3.8, 4) is 5.69 Å². The van der Waals surface area contributed by atoms with Gasteiger partial charge in [0.1, 0.15) is 0 Å². The van der Waals surface area contributed by atoms with Gasteiger partial charge in [0, 0.05) is 40.1 Å². The Kier molecular flexibility index (Phi) is 5.22. The number of aromatic nitrogens is 2. The summed E-state index contributed by atoms with van der Waals surface area (Å²) >= 11 is 4.95. The molecular weight excluding hydrogens is 388 g/mol. The molecule has 2 aromatic carbocycles. The molecule has 0 saturated heterocycles. The first kappa shape index (κ1) is 16.6. The second-order valence-electron chi connectivity index (χ2n) is 4.99. The van der Waals surface area contributed by atoms with Crippen LogP contribution in [0, 0.1) is 0 Å². The highest BCUT2D eigenvalue weighted by Gasteiger charge is 2.09. The number of carbonyl (C=O) groups excluding carboxylic acids is 1. The Morgan fingerprint density at radius 2 is 2.00 bits per heavy atom. The van der Waals surface area contributed by atoms with Crippen molar-refractivity contribution in [3.63, 3.8) is 0 Å². The average Bonchev–Trinajstić information content (AvgIpc) is 3.09. The second-order valence-corrected chi connectivity index (χ2v) is 6.52. The van der Waals surface area contributed by atoms with E-state index in [1.165, 1.54) is 11.9 Å². The lowest BCUT2D eigenvalue weighted by molar-refractivity contribution is 0.102. The van der Waals surface area contributed by atoms with E-state index in [2.05, 4.69) is 31.1 Å². The Hall–Kier alpha value is -2.25. The topological polar surface area (TPSA) is 58.9 Å². The molecule has 122 valence electrons. The van der Waals surface area contributed by atoms with Crippen molar-refractivity contribution in [2.75, 3.05) is 16.3 Å². The summed E-state index contributed by atoms with van der Waals surface area (Å²) in [6.07, 6.45) is 5.49. The Balaban J connectivity index is 1.81. The summed E-state index contributed by atoms with van der Waals surface area (Å²) < 4.78 is 5.76. The van der Waals surface area contributed by atoms with Gasteiger partial charge in [0.05, 0.1) is 5.69 Å². The highest BCUT2D eigenvalue weighted by molar-refractivity contribution is 9.10. The molecule has 0 bridgehead atoms. The molecule has 0 spiro atoms. The van der Waals surface area contributed by atoms with Crippen molar-refractivity contribution in [2.24, 2.45) is 0 Å². The lowest BCUT2D eigenvalue weighted by atomic mass is 10.2. The number of carbonyl (C=O) groups is 1. The first-order valence-corrected chi connectivity index (χ1v) is 9.18. The minimum atomic E-state index is -0.169. The number of nitrogens with one attached hydrogen (secondary N) is 2. The lowest BCUT2D eigenvalue weighted by Crippen LogP contribution is -2.12. The van der Waals surface area contributed by atoms with Crippen LogP contribution in [-0.2, 0) is 0 Å². The largest absolute Gasteiger partial charge is 0.330 e. The molecule has 0 saturated carbocycles. The van der Waals surface area contributed by atoms with Crippen molar-refractivity contribution >= 4 is 45.2 Å². The maximum atomic E-state index is 12.5. The van der Waals surface area contributed by atoms with Crippen LogP contribution in [0.2, 0.25) is 0 Å². The third-order valence-corrected chi connectivity index (χ3v) is 4.15. The number of rotatable bonds is 5. The van der Waals surface area contributed by atoms with Crippen molar-refractivity contribution < 1.29 is 4.79 Å². The van der Waals surface area contributed by atoms with E-state index in [4.69, 9.17) is 0 Å². The molecule has 24 heavy (non-hydrogen) atoms. The number of hydrogen-bond acceptors (Lipinski definition) is 4. The molecule has 0 radical (unpaired) electrons. The fraction of sp³-hybridized carbons (Fsp3) is 0.0588. The molecule has 1 aromatic heterocycles. The van der Waals surface area contributed by atoms with Gasteiger partial charge in [0.2, 0.25) is 0 Å². The van der Waals surface area contributed by atoms with Crippen molar-refractivity contribution in [1.29, 1.82) is 0 Å². The van der Waals surface area contributed by atoms with Crippen LogP contribution in [0.5, 0.6) is 0 Å². The number of benzene rings is 2. The summed E-state index contributed by atoms with van der Waals surface area (Å²) in [7, 11) is 0. The van der Waals surface area contributed by atoms with Gasteiger partial charge in [0.25, 0.3) is 5.91 Å². The van der Waals surface area contributed by atoms with Gasteiger partial charge >= 0.3 is 0 Å². The first-order chi connectivity index (χ1) is 11.7. The Labute approximate surface area is 152 Å². The minimum Gasteiger partial charge on any atom is -0.330 e. The van der Waals surface area contributed by atoms with E-state index in [1.54, 1.807) is 23.0 Å². The molecule has 7 heteroatoms. The molecule has 1 amide bonds. The van der Waals surface area contributed by atoms with E-state index >= 15 is 0 Å². The zero-order chi connectivity index (χ0) is 16.9. The fourth-order valence-corrected chi connectivity index (χ4v) is 3.10. The Morgan fingerprint density at radius 3 is 2.75 bits per heavy atom. The molecule has 2 N–H and O–H groups in total. The van der Waals surface area contributed by atoms with Crippen LogP contribution in [0.3, 0.4) is 0 Å². The van der Waals surface area contributed by atoms with Gasteiger partial charge in [-0.3, -0.25) is 4.79 Å². The van der Waals surface area contributed by atoms with Gasteiger partial charge in [-0.25, -0.2) is 4.68 Å². The normalized spacial score (nSPS) is 10.4. The standard InChI is InChI=1S/C17H15BrN4OS/c1-24-21-15-10-13(18)9-14(11-15)20-17(23)12-4-2-5-16(8-12)22-7-3-6-19-22/h2-11,21H,1H3,(H,20,23). The van der Waals surface area contributed by atoms with Gasteiger partial charge < -0.3 is 10.0 Å². The zero-order valence-electron chi connectivity index (χ0n) is 12.9. The van der Waals surface area contributed by atoms with E-state index in [0.29, 0.717) is 5.56 Å². The molecule has 3 rings (SSSR count). The van der Waals surface area contributed by atoms with Crippen molar-refractivity contribution in [1.82, 2.24) is 9.78 Å². The van der Waals surface area contributed by atoms with E-state index in [-0.39, 0.29) is 5.91 Å². The summed E-state index contributed by atoms with van der Waals surface area (Å²) in [6, 6.07) is 14.9. The smallest absolute Gasteiger partial charge is 0.255 e. The molecule has 0 aliphatic carbocycles. The molecule has 1 heterocycles. The number of halogens is 1. The summed E-state index contributed by atoms with van der Waals surface area (Å²) in [5, 5.41) is 7.11. The van der Waals surface area contributed by atoms with Crippen molar-refractivity contribution in [2.45, 2.75) is 0 Å². The van der Waals surface area contributed by atoms with Crippen LogP contribution in [0.1, 0.15) is 10.4 Å². The number of hydrogen-bond donors (Lipinski definition) is 2. The average molecular weight is 403 g/mol. The Morgan fingerprint density at radius 1 is 1.17 bits per heavy atom. The molecule has 0 aliphatic rings. The van der Waals surface area contributed by atoms with Gasteiger partial charge in [0.15, 0.2) is 0 Å². The second kappa shape index (κ2) is 7.55. The van der Waals surface area contributed by atoms with E-state index < -0.39 is 0 Å². The van der Waals surface area contributed by atoms with Crippen LogP contribution in [0.4, 0.5) is 11.4 Å². The molecule has 5 nitrogen and oxygen atoms in total. The quantitative estimate of drug-likeness (QED) is 0.613. The summed E-state index contributed by atoms with van der Waals surface area (Å²) in [5.74, 6) is -0.169. The fourth-order valence-electron chi connectivity index (χ4n) is 2.25. The van der Waals surface area contributed by atoms with E-state index in [1.807, 2.05) is 48.9 Å². The van der Waals surface area contributed by atoms with Crippen LogP contribution in [0.15, 0.2) is 65.4 Å². The number of amides is 1. The maximum Gasteiger partial charge on any atom is 0.255 e. The van der Waals surface area contributed by atoms with Gasteiger partial charge in [-0.1, -0.05) is 33.9 Å². The number of nitrogens with zero attached hydrogens (tertiary/aromatic N) is 2. The van der Waals surface area contributed by atoms with Gasteiger partial charge in [-0.2, -0.15) is 5.10 Å². The predicted molar refractivity (Wildman–Crippen MR) is 103 cm³/mol. The highest BCUT2D eigenvalue weighted by atomic mass is 79.9. The van der Waals surface area contributed by atoms with Crippen LogP contribution < -0.4 is 10.0 Å². The third-order valence-electron chi connectivity index (χ3n) is 3.25. The first-order valence-electron chi connectivity index (χ1n) is 7.17. The molecule has 0 fully saturated rings. The molecule has 3 aromatic rings. The molecule has 0 aliphatic heterocycles. The Bertz CT molecular complexity index is 852. The maximum absolute atomic E-state index is 12.5. The van der Waals surface area contributed by atoms with Crippen LogP contribution in [-0.4, -0.2) is 21.9 Å². The molecule has 0 atom stereocenters. The predicted octanol–water partition coefficient (Wildman–Crippen LogP) is 4.58. The molecule has 0 unspecified atom stereocenters. The number of anilines is 2. The minimum absolute atomic E-state index is 0.169. The SMILES string of the molecule is CSNc1cc(Br)cc(NC(=O)c2cccc(-n3cccn3)c2)c1. The van der Waals surface area contributed by atoms with Crippen LogP contribution >= 0.6 is 27.9 Å². The highest BCUT2D eigenvalue weighted by Crippen LogP contribution is 2.25. The summed E-state index contributed by atoms with van der Waals surface area (Å²) in [6.45, 7) is 0. The summed E-state index contributed by atoms with van der Waals surface area (Å²) in [4.78, 5) is 12.5. The van der Waals surface area contributed by atoms with E-state index in [9.17, 15) is 4.79 Å². The van der Waals surface area contributed by atoms with Gasteiger partial charge in [-0.05, 0) is 42.5 Å². The third kappa shape index (κ3) is 3.98. The molecular formula is C17H15BrN4OS. The van der Waals surface area contributed by atoms with Crippen molar-refractivity contribution in [3.05, 3.63) is 71.0 Å². The zero-order valence-corrected chi connectivity index (χ0v) is 15.3. The van der Waals surface area contributed by atoms with E-state index in [0.717, 1.165) is 21.5 Å². The lowest BCUT2D eigenvalue weighted by Gasteiger charge is -2.10. The monoisotopic (exact) mass is 402 g/mol. The van der Waals surface area contributed by atoms with Gasteiger partial charge in [-0.15, -0.1) is 0 Å².